The minimum Gasteiger partial charge on any atom is -0.493 e. The summed E-state index contributed by atoms with van der Waals surface area (Å²) in [6.07, 6.45) is 18.5. The highest BCUT2D eigenvalue weighted by Crippen LogP contribution is 2.30. The maximum atomic E-state index is 13.0. The van der Waals surface area contributed by atoms with Crippen LogP contribution in [0.3, 0.4) is 0 Å². The zero-order valence-electron chi connectivity index (χ0n) is 25.7. The van der Waals surface area contributed by atoms with E-state index in [4.69, 9.17) is 9.47 Å². The molecule has 0 radical (unpaired) electrons. The monoisotopic (exact) mass is 580 g/mol. The number of benzene rings is 2. The average molecular weight is 581 g/mol. The minimum atomic E-state index is 0.102. The van der Waals surface area contributed by atoms with Crippen LogP contribution in [0, 0.1) is 0 Å². The Bertz CT molecular complexity index is 1060. The van der Waals surface area contributed by atoms with Crippen LogP contribution in [0.25, 0.3) is 0 Å². The first-order chi connectivity index (χ1) is 20.1. The number of unbranched alkanes of at least 4 members (excludes halogenated alkanes) is 11. The molecular formula is C35H52N2O3S. The van der Waals surface area contributed by atoms with Gasteiger partial charge < -0.3 is 19.3 Å². The molecule has 0 saturated carbocycles. The molecule has 5 nitrogen and oxygen atoms in total. The zero-order valence-corrected chi connectivity index (χ0v) is 26.6. The molecule has 1 aliphatic heterocycles. The van der Waals surface area contributed by atoms with Gasteiger partial charge in [-0.3, -0.25) is 4.79 Å². The van der Waals surface area contributed by atoms with Crippen LogP contribution in [-0.2, 0) is 17.9 Å². The smallest absolute Gasteiger partial charge is 0.227 e. The Morgan fingerprint density at radius 2 is 1.56 bits per heavy atom. The number of methoxy groups -OCH3 is 1. The Morgan fingerprint density at radius 1 is 0.854 bits per heavy atom. The van der Waals surface area contributed by atoms with E-state index in [-0.39, 0.29) is 5.91 Å². The highest BCUT2D eigenvalue weighted by molar-refractivity contribution is 8.02. The molecule has 0 aliphatic carbocycles. The molecule has 0 fully saturated rings. The van der Waals surface area contributed by atoms with Crippen LogP contribution in [0.15, 0.2) is 54.1 Å². The van der Waals surface area contributed by atoms with Crippen molar-refractivity contribution in [1.82, 2.24) is 4.90 Å². The minimum absolute atomic E-state index is 0.102. The molecule has 1 aliphatic rings. The molecule has 1 amide bonds. The molecule has 1 heterocycles. The number of carbonyl (C=O) groups excluding carboxylic acids is 1. The van der Waals surface area contributed by atoms with Gasteiger partial charge in [0, 0.05) is 24.9 Å². The van der Waals surface area contributed by atoms with Gasteiger partial charge in [0.15, 0.2) is 11.5 Å². The van der Waals surface area contributed by atoms with Crippen LogP contribution in [0.5, 0.6) is 11.5 Å². The number of thioether (sulfide) groups is 1. The fourth-order valence-electron chi connectivity index (χ4n) is 5.22. The van der Waals surface area contributed by atoms with Crippen LogP contribution in [0.1, 0.15) is 108 Å². The summed E-state index contributed by atoms with van der Waals surface area (Å²) in [6, 6.07) is 14.4. The van der Waals surface area contributed by atoms with Crippen LogP contribution < -0.4 is 14.4 Å². The van der Waals surface area contributed by atoms with Gasteiger partial charge in [0.05, 0.1) is 26.1 Å². The highest BCUT2D eigenvalue weighted by atomic mass is 32.2. The maximum absolute atomic E-state index is 13.0. The summed E-state index contributed by atoms with van der Waals surface area (Å²) in [7, 11) is 1.68. The second-order valence-electron chi connectivity index (χ2n) is 11.1. The van der Waals surface area contributed by atoms with Gasteiger partial charge in [-0.1, -0.05) is 103 Å². The van der Waals surface area contributed by atoms with Gasteiger partial charge in [0.25, 0.3) is 0 Å². The Morgan fingerprint density at radius 3 is 2.20 bits per heavy atom. The zero-order chi connectivity index (χ0) is 29.1. The number of rotatable bonds is 21. The standard InChI is InChI=1S/C35H52N2O3S/c1-4-6-7-8-9-10-11-12-13-14-15-16-23-40-33-21-20-31(26-34(33)39-3)28-37(35(38)5-2)32-19-17-18-30(25-32)27-36-22-24-41-29-36/h17-22,24-26H,4-16,23,27-29H2,1-3H3. The maximum Gasteiger partial charge on any atom is 0.227 e. The van der Waals surface area contributed by atoms with E-state index in [1.807, 2.05) is 42.2 Å². The van der Waals surface area contributed by atoms with Crippen molar-refractivity contribution in [2.24, 2.45) is 0 Å². The van der Waals surface area contributed by atoms with Gasteiger partial charge in [-0.05, 0) is 47.2 Å². The molecule has 2 aromatic carbocycles. The third-order valence-corrected chi connectivity index (χ3v) is 8.44. The number of hydrogen-bond donors (Lipinski definition) is 0. The number of ether oxygens (including phenoxy) is 2. The van der Waals surface area contributed by atoms with Crippen LogP contribution in [0.2, 0.25) is 0 Å². The second-order valence-corrected chi connectivity index (χ2v) is 11.9. The normalized spacial score (nSPS) is 12.6. The lowest BCUT2D eigenvalue weighted by Gasteiger charge is -2.24. The third-order valence-electron chi connectivity index (χ3n) is 7.64. The predicted molar refractivity (Wildman–Crippen MR) is 175 cm³/mol. The molecule has 0 bridgehead atoms. The van der Waals surface area contributed by atoms with Gasteiger partial charge in [-0.25, -0.2) is 0 Å². The lowest BCUT2D eigenvalue weighted by atomic mass is 10.1. The molecular weight excluding hydrogens is 528 g/mol. The first kappa shape index (κ1) is 32.9. The molecule has 0 aromatic heterocycles. The number of hydrogen-bond acceptors (Lipinski definition) is 5. The van der Waals surface area contributed by atoms with Gasteiger partial charge >= 0.3 is 0 Å². The number of amides is 1. The summed E-state index contributed by atoms with van der Waals surface area (Å²) in [5.74, 6) is 2.56. The van der Waals surface area contributed by atoms with Crippen molar-refractivity contribution < 1.29 is 14.3 Å². The van der Waals surface area contributed by atoms with Crippen molar-refractivity contribution in [3.63, 3.8) is 0 Å². The van der Waals surface area contributed by atoms with E-state index >= 15 is 0 Å². The van der Waals surface area contributed by atoms with Crippen molar-refractivity contribution in [2.45, 2.75) is 110 Å². The summed E-state index contributed by atoms with van der Waals surface area (Å²) in [5, 5.41) is 2.12. The topological polar surface area (TPSA) is 42.0 Å². The lowest BCUT2D eigenvalue weighted by Crippen LogP contribution is -2.29. The Kier molecular flexibility index (Phi) is 15.7. The van der Waals surface area contributed by atoms with Crippen molar-refractivity contribution in [2.75, 3.05) is 24.5 Å². The van der Waals surface area contributed by atoms with E-state index < -0.39 is 0 Å². The predicted octanol–water partition coefficient (Wildman–Crippen LogP) is 9.70. The highest BCUT2D eigenvalue weighted by Gasteiger charge is 2.17. The molecule has 0 saturated heterocycles. The van der Waals surface area contributed by atoms with E-state index in [0.29, 0.717) is 19.6 Å². The molecule has 6 heteroatoms. The summed E-state index contributed by atoms with van der Waals surface area (Å²) in [6.45, 7) is 6.22. The summed E-state index contributed by atoms with van der Waals surface area (Å²) < 4.78 is 11.8. The van der Waals surface area contributed by atoms with E-state index in [2.05, 4.69) is 35.6 Å². The Hall–Kier alpha value is -2.60. The molecule has 0 atom stereocenters. The van der Waals surface area contributed by atoms with E-state index in [1.54, 1.807) is 18.9 Å². The number of anilines is 1. The average Bonchev–Trinajstić information content (AvgIpc) is 3.51. The van der Waals surface area contributed by atoms with Crippen molar-refractivity contribution in [3.05, 3.63) is 65.2 Å². The van der Waals surface area contributed by atoms with Gasteiger partial charge in [0.2, 0.25) is 5.91 Å². The number of nitrogens with zero attached hydrogens (tertiary/aromatic N) is 2. The first-order valence-corrected chi connectivity index (χ1v) is 16.9. The van der Waals surface area contributed by atoms with Gasteiger partial charge in [0.1, 0.15) is 0 Å². The number of carbonyl (C=O) groups is 1. The van der Waals surface area contributed by atoms with E-state index in [9.17, 15) is 4.79 Å². The third kappa shape index (κ3) is 12.0. The van der Waals surface area contributed by atoms with Crippen molar-refractivity contribution >= 4 is 23.4 Å². The molecule has 0 spiro atoms. The molecule has 0 unspecified atom stereocenters. The van der Waals surface area contributed by atoms with Crippen LogP contribution in [0.4, 0.5) is 5.69 Å². The largest absolute Gasteiger partial charge is 0.493 e. The second kappa shape index (κ2) is 19.5. The first-order valence-electron chi connectivity index (χ1n) is 15.9. The van der Waals surface area contributed by atoms with Gasteiger partial charge in [-0.15, -0.1) is 11.8 Å². The van der Waals surface area contributed by atoms with Crippen molar-refractivity contribution in [1.29, 1.82) is 0 Å². The molecule has 41 heavy (non-hydrogen) atoms. The Balaban J connectivity index is 1.44. The fourth-order valence-corrected chi connectivity index (χ4v) is 5.93. The molecule has 3 rings (SSSR count). The summed E-state index contributed by atoms with van der Waals surface area (Å²) >= 11 is 1.80. The molecule has 226 valence electrons. The quantitative estimate of drug-likeness (QED) is 0.138. The van der Waals surface area contributed by atoms with Crippen LogP contribution >= 0.6 is 11.8 Å². The molecule has 0 N–H and O–H groups in total. The van der Waals surface area contributed by atoms with Gasteiger partial charge in [-0.2, -0.15) is 0 Å². The summed E-state index contributed by atoms with van der Waals surface area (Å²) in [4.78, 5) is 17.1. The van der Waals surface area contributed by atoms with E-state index in [1.165, 1.54) is 76.2 Å². The lowest BCUT2D eigenvalue weighted by molar-refractivity contribution is -0.118. The van der Waals surface area contributed by atoms with E-state index in [0.717, 1.165) is 41.6 Å². The Labute approximate surface area is 253 Å². The van der Waals surface area contributed by atoms with Crippen molar-refractivity contribution in [3.8, 4) is 11.5 Å². The molecule has 2 aromatic rings. The van der Waals surface area contributed by atoms with Crippen LogP contribution in [-0.4, -0.2) is 30.4 Å². The fraction of sp³-hybridized carbons (Fsp3) is 0.571. The summed E-state index contributed by atoms with van der Waals surface area (Å²) in [5.41, 5.74) is 3.14. The SMILES string of the molecule is CCCCCCCCCCCCCCOc1ccc(CN(C(=O)CC)c2cccc(CN3C=CSC3)c2)cc1OC.